The van der Waals surface area contributed by atoms with Crippen LogP contribution in [0.15, 0.2) is 49.1 Å². The molecule has 0 spiro atoms. The van der Waals surface area contributed by atoms with Gasteiger partial charge in [-0.3, -0.25) is 4.79 Å². The molecule has 25 heavy (non-hydrogen) atoms. The summed E-state index contributed by atoms with van der Waals surface area (Å²) in [4.78, 5) is 12.4. The summed E-state index contributed by atoms with van der Waals surface area (Å²) < 4.78 is 16.1. The molecule has 0 fully saturated rings. The van der Waals surface area contributed by atoms with E-state index in [1.165, 1.54) is 0 Å². The Morgan fingerprint density at radius 3 is 2.60 bits per heavy atom. The van der Waals surface area contributed by atoms with Crippen LogP contribution < -0.4 is 19.5 Å². The average Bonchev–Trinajstić information content (AvgIpc) is 2.94. The zero-order chi connectivity index (χ0) is 17.8. The first-order chi connectivity index (χ1) is 12.2. The molecule has 1 amide bonds. The van der Waals surface area contributed by atoms with Gasteiger partial charge in [-0.25, -0.2) is 0 Å². The fourth-order valence-corrected chi connectivity index (χ4v) is 2.67. The van der Waals surface area contributed by atoms with Crippen LogP contribution in [0.2, 0.25) is 0 Å². The van der Waals surface area contributed by atoms with Crippen LogP contribution in [0, 0.1) is 0 Å². The maximum atomic E-state index is 12.4. The summed E-state index contributed by atoms with van der Waals surface area (Å²) in [5.74, 6) is 1.87. The Hall–Kier alpha value is -3.21. The van der Waals surface area contributed by atoms with E-state index in [4.69, 9.17) is 14.2 Å². The summed E-state index contributed by atoms with van der Waals surface area (Å²) in [7, 11) is 3.19. The number of methoxy groups -OCH3 is 2. The second kappa shape index (κ2) is 7.13. The van der Waals surface area contributed by atoms with Crippen LogP contribution in [0.3, 0.4) is 0 Å². The van der Waals surface area contributed by atoms with E-state index in [9.17, 15) is 4.79 Å². The number of rotatable bonds is 6. The molecule has 0 atom stereocenters. The fraction of sp³-hybridized carbons (Fsp3) is 0.150. The molecule has 0 aliphatic carbocycles. The topological polar surface area (TPSA) is 56.8 Å². The molecule has 0 saturated heterocycles. The number of anilines is 1. The Bertz CT molecular complexity index is 855. The first-order valence-corrected chi connectivity index (χ1v) is 7.79. The van der Waals surface area contributed by atoms with Crippen molar-refractivity contribution >= 4 is 23.2 Å². The van der Waals surface area contributed by atoms with Gasteiger partial charge in [0.15, 0.2) is 0 Å². The highest BCUT2D eigenvalue weighted by molar-refractivity contribution is 6.35. The zero-order valence-electron chi connectivity index (χ0n) is 14.2. The van der Waals surface area contributed by atoms with E-state index in [-0.39, 0.29) is 5.91 Å². The lowest BCUT2D eigenvalue weighted by molar-refractivity contribution is -0.110. The van der Waals surface area contributed by atoms with Crippen molar-refractivity contribution < 1.29 is 19.0 Å². The molecule has 0 aromatic heterocycles. The molecule has 1 N–H and O–H groups in total. The third kappa shape index (κ3) is 3.35. The lowest BCUT2D eigenvalue weighted by atomic mass is 10.0. The van der Waals surface area contributed by atoms with Crippen LogP contribution >= 0.6 is 0 Å². The number of carbonyl (C=O) groups is 1. The molecule has 128 valence electrons. The van der Waals surface area contributed by atoms with E-state index in [2.05, 4.69) is 11.9 Å². The minimum atomic E-state index is -0.166. The van der Waals surface area contributed by atoms with Crippen molar-refractivity contribution in [2.24, 2.45) is 0 Å². The largest absolute Gasteiger partial charge is 0.497 e. The quantitative estimate of drug-likeness (QED) is 0.644. The number of benzene rings is 2. The standard InChI is InChI=1S/C20H19NO4/c1-4-9-25-15-5-7-16-17(20(22)21-18(16)12-15)11-13-10-14(23-2)6-8-19(13)24-3/h4-8,10-12H,1,9H2,2-3H3,(H,21,22). The summed E-state index contributed by atoms with van der Waals surface area (Å²) in [5, 5.41) is 2.87. The minimum absolute atomic E-state index is 0.166. The van der Waals surface area contributed by atoms with Crippen LogP contribution in [-0.4, -0.2) is 26.7 Å². The lowest BCUT2D eigenvalue weighted by Crippen LogP contribution is -2.03. The molecule has 2 aromatic carbocycles. The summed E-state index contributed by atoms with van der Waals surface area (Å²) in [6, 6.07) is 11.0. The van der Waals surface area contributed by atoms with Crippen molar-refractivity contribution in [3.63, 3.8) is 0 Å². The molecule has 5 nitrogen and oxygen atoms in total. The Labute approximate surface area is 146 Å². The first-order valence-electron chi connectivity index (χ1n) is 7.79. The van der Waals surface area contributed by atoms with Gasteiger partial charge < -0.3 is 19.5 Å². The molecule has 1 aliphatic heterocycles. The first kappa shape index (κ1) is 16.6. The van der Waals surface area contributed by atoms with Gasteiger partial charge >= 0.3 is 0 Å². The SMILES string of the molecule is C=CCOc1ccc2c(c1)NC(=O)C2=Cc1cc(OC)ccc1OC. The van der Waals surface area contributed by atoms with Gasteiger partial charge in [0.05, 0.1) is 19.9 Å². The molecule has 3 rings (SSSR count). The molecular formula is C20H19NO4. The molecular weight excluding hydrogens is 318 g/mol. The molecule has 1 aliphatic rings. The Morgan fingerprint density at radius 2 is 1.88 bits per heavy atom. The van der Waals surface area contributed by atoms with Gasteiger partial charge in [-0.15, -0.1) is 0 Å². The van der Waals surface area contributed by atoms with E-state index in [1.54, 1.807) is 32.4 Å². The fourth-order valence-electron chi connectivity index (χ4n) is 2.67. The molecule has 0 bridgehead atoms. The van der Waals surface area contributed by atoms with Crippen LogP contribution in [0.4, 0.5) is 5.69 Å². The predicted molar refractivity (Wildman–Crippen MR) is 98.2 cm³/mol. The van der Waals surface area contributed by atoms with Gasteiger partial charge in [0.1, 0.15) is 23.9 Å². The molecule has 0 unspecified atom stereocenters. The van der Waals surface area contributed by atoms with Crippen molar-refractivity contribution in [2.75, 3.05) is 26.1 Å². The van der Waals surface area contributed by atoms with Crippen molar-refractivity contribution in [2.45, 2.75) is 0 Å². The molecule has 2 aromatic rings. The van der Waals surface area contributed by atoms with Gasteiger partial charge in [0, 0.05) is 22.8 Å². The van der Waals surface area contributed by atoms with Crippen LogP contribution in [0.1, 0.15) is 11.1 Å². The second-order valence-corrected chi connectivity index (χ2v) is 5.43. The monoisotopic (exact) mass is 337 g/mol. The van der Waals surface area contributed by atoms with Crippen molar-refractivity contribution in [1.29, 1.82) is 0 Å². The molecule has 1 heterocycles. The van der Waals surface area contributed by atoms with Crippen LogP contribution in [0.25, 0.3) is 11.6 Å². The van der Waals surface area contributed by atoms with Gasteiger partial charge in [-0.1, -0.05) is 12.7 Å². The summed E-state index contributed by atoms with van der Waals surface area (Å²) in [5.41, 5.74) is 2.88. The zero-order valence-corrected chi connectivity index (χ0v) is 14.2. The highest BCUT2D eigenvalue weighted by Gasteiger charge is 2.25. The lowest BCUT2D eigenvalue weighted by Gasteiger charge is -2.08. The van der Waals surface area contributed by atoms with Gasteiger partial charge in [-0.05, 0) is 36.4 Å². The third-order valence-corrected chi connectivity index (χ3v) is 3.88. The Balaban J connectivity index is 2.01. The van der Waals surface area contributed by atoms with E-state index in [0.717, 1.165) is 16.8 Å². The van der Waals surface area contributed by atoms with Crippen molar-refractivity contribution in [3.8, 4) is 17.2 Å². The predicted octanol–water partition coefficient (Wildman–Crippen LogP) is 3.76. The third-order valence-electron chi connectivity index (χ3n) is 3.88. The number of ether oxygens (including phenoxy) is 3. The maximum Gasteiger partial charge on any atom is 0.256 e. The van der Waals surface area contributed by atoms with Gasteiger partial charge in [0.25, 0.3) is 5.91 Å². The maximum absolute atomic E-state index is 12.4. The highest BCUT2D eigenvalue weighted by Crippen LogP contribution is 2.37. The van der Waals surface area contributed by atoms with Crippen LogP contribution in [-0.2, 0) is 4.79 Å². The summed E-state index contributed by atoms with van der Waals surface area (Å²) in [6.07, 6.45) is 3.47. The summed E-state index contributed by atoms with van der Waals surface area (Å²) in [6.45, 7) is 4.04. The second-order valence-electron chi connectivity index (χ2n) is 5.43. The minimum Gasteiger partial charge on any atom is -0.497 e. The normalized spacial score (nSPS) is 14.0. The van der Waals surface area contributed by atoms with Gasteiger partial charge in [0.2, 0.25) is 0 Å². The van der Waals surface area contributed by atoms with Crippen LogP contribution in [0.5, 0.6) is 17.2 Å². The van der Waals surface area contributed by atoms with E-state index >= 15 is 0 Å². The highest BCUT2D eigenvalue weighted by atomic mass is 16.5. The molecule has 5 heteroatoms. The number of carbonyl (C=O) groups excluding carboxylic acids is 1. The van der Waals surface area contributed by atoms with Gasteiger partial charge in [-0.2, -0.15) is 0 Å². The average molecular weight is 337 g/mol. The van der Waals surface area contributed by atoms with E-state index in [0.29, 0.717) is 29.4 Å². The number of hydrogen-bond acceptors (Lipinski definition) is 4. The smallest absolute Gasteiger partial charge is 0.256 e. The Kier molecular flexibility index (Phi) is 4.75. The Morgan fingerprint density at radius 1 is 1.08 bits per heavy atom. The number of fused-ring (bicyclic) bond motifs is 1. The van der Waals surface area contributed by atoms with E-state index < -0.39 is 0 Å². The van der Waals surface area contributed by atoms with Crippen molar-refractivity contribution in [1.82, 2.24) is 0 Å². The number of nitrogens with one attached hydrogen (secondary N) is 1. The molecule has 0 radical (unpaired) electrons. The number of amides is 1. The number of hydrogen-bond donors (Lipinski definition) is 1. The molecule has 0 saturated carbocycles. The van der Waals surface area contributed by atoms with E-state index in [1.807, 2.05) is 30.3 Å². The summed E-state index contributed by atoms with van der Waals surface area (Å²) >= 11 is 0. The van der Waals surface area contributed by atoms with Crippen molar-refractivity contribution in [3.05, 3.63) is 60.2 Å².